The largest absolute Gasteiger partial charge is 0.501 e. The fourth-order valence-electron chi connectivity index (χ4n) is 9.68. The Morgan fingerprint density at radius 2 is 0.853 bits per heavy atom. The highest BCUT2D eigenvalue weighted by molar-refractivity contribution is 5.75. The molecule has 75 heavy (non-hydrogen) atoms. The number of carbonyl (C=O) groups excluding carboxylic acids is 5. The van der Waals surface area contributed by atoms with Crippen LogP contribution in [0.1, 0.15) is 223 Å². The number of nitrogens with one attached hydrogen (secondary N) is 1. The molecular formula is C63H118N6O6. The van der Waals surface area contributed by atoms with Crippen LogP contribution in [-0.2, 0) is 28.7 Å². The summed E-state index contributed by atoms with van der Waals surface area (Å²) >= 11 is 0. The number of likely N-dealkylation sites (tertiary alicyclic amines) is 5. The van der Waals surface area contributed by atoms with Gasteiger partial charge in [0.1, 0.15) is 0 Å². The molecule has 0 atom stereocenters. The summed E-state index contributed by atoms with van der Waals surface area (Å²) in [6.07, 6.45) is 16.0. The van der Waals surface area contributed by atoms with Gasteiger partial charge in [-0.2, -0.15) is 0 Å². The Labute approximate surface area is 462 Å². The van der Waals surface area contributed by atoms with E-state index in [2.05, 4.69) is 127 Å². The summed E-state index contributed by atoms with van der Waals surface area (Å²) in [5, 5.41) is 3.58. The quantitative estimate of drug-likeness (QED) is 0.199. The molecule has 12 heteroatoms. The predicted molar refractivity (Wildman–Crippen MR) is 315 cm³/mol. The van der Waals surface area contributed by atoms with Crippen LogP contribution < -0.4 is 5.32 Å². The van der Waals surface area contributed by atoms with Crippen LogP contribution in [0, 0.1) is 57.2 Å². The number of ether oxygens (including phenoxy) is 1. The molecule has 0 aromatic carbocycles. The molecule has 0 radical (unpaired) electrons. The lowest BCUT2D eigenvalue weighted by Crippen LogP contribution is -2.50. The Morgan fingerprint density at radius 1 is 0.507 bits per heavy atom. The van der Waals surface area contributed by atoms with Crippen LogP contribution in [0.15, 0.2) is 11.8 Å². The molecule has 5 rings (SSSR count). The normalized spacial score (nSPS) is 18.8. The number of nitrogens with zero attached hydrogens (tertiary/aromatic N) is 5. The van der Waals surface area contributed by atoms with Crippen molar-refractivity contribution in [2.45, 2.75) is 235 Å². The number of hydrogen-bond donors (Lipinski definition) is 1. The van der Waals surface area contributed by atoms with Gasteiger partial charge in [0, 0.05) is 129 Å². The number of rotatable bonds is 7. The summed E-state index contributed by atoms with van der Waals surface area (Å²) in [4.78, 5) is 65.2. The Morgan fingerprint density at radius 3 is 1.17 bits per heavy atom. The topological polar surface area (TPSA) is 123 Å². The fourth-order valence-corrected chi connectivity index (χ4v) is 9.68. The molecule has 0 aliphatic carbocycles. The number of methoxy groups -OCH3 is 1. The van der Waals surface area contributed by atoms with Crippen molar-refractivity contribution in [1.82, 2.24) is 29.8 Å². The van der Waals surface area contributed by atoms with Crippen molar-refractivity contribution < 1.29 is 28.7 Å². The lowest BCUT2D eigenvalue weighted by atomic mass is 9.83. The maximum Gasteiger partial charge on any atom is 0.219 e. The number of hydrogen-bond acceptors (Lipinski definition) is 7. The maximum absolute atomic E-state index is 11.3. The summed E-state index contributed by atoms with van der Waals surface area (Å²) in [7, 11) is 1.74. The molecule has 5 aliphatic rings. The maximum atomic E-state index is 11.3. The van der Waals surface area contributed by atoms with Gasteiger partial charge in [0.2, 0.25) is 29.5 Å². The van der Waals surface area contributed by atoms with Crippen LogP contribution in [0.4, 0.5) is 0 Å². The monoisotopic (exact) mass is 1050 g/mol. The van der Waals surface area contributed by atoms with Crippen molar-refractivity contribution in [3.05, 3.63) is 11.8 Å². The van der Waals surface area contributed by atoms with Gasteiger partial charge >= 0.3 is 0 Å². The van der Waals surface area contributed by atoms with Crippen molar-refractivity contribution in [1.29, 1.82) is 0 Å². The van der Waals surface area contributed by atoms with E-state index in [1.807, 2.05) is 24.5 Å². The minimum Gasteiger partial charge on any atom is -0.501 e. The van der Waals surface area contributed by atoms with Gasteiger partial charge in [-0.05, 0) is 153 Å². The first-order chi connectivity index (χ1) is 33.9. The van der Waals surface area contributed by atoms with E-state index in [4.69, 9.17) is 4.74 Å². The SMILES string of the molecule is C.CC(=O)N1CC(CCC(C)(C)C)C1.CC(=O)N1CCC(C#CC(C)(C)C)CC1.CC(=O)N1CCC(CCC(C)(C)C)CC1.CC(=O)N1CCC(NC(C)(C)C)CC1.COC(=CC(C)(C)C)C1CCN(C(C)=O)CC1. The zero-order chi connectivity index (χ0) is 56.8. The number of allylic oxidation sites excluding steroid dienone is 2. The molecule has 0 unspecified atom stereocenters. The van der Waals surface area contributed by atoms with E-state index in [-0.39, 0.29) is 53.3 Å². The lowest BCUT2D eigenvalue weighted by molar-refractivity contribution is -0.135. The molecule has 0 bridgehead atoms. The van der Waals surface area contributed by atoms with E-state index in [0.717, 1.165) is 122 Å². The van der Waals surface area contributed by atoms with Crippen molar-refractivity contribution in [2.75, 3.05) is 72.6 Å². The molecule has 5 saturated heterocycles. The molecule has 0 saturated carbocycles. The molecule has 12 nitrogen and oxygen atoms in total. The Bertz CT molecular complexity index is 1780. The van der Waals surface area contributed by atoms with Crippen molar-refractivity contribution in [3.8, 4) is 11.8 Å². The Balaban J connectivity index is 0.000000912. The van der Waals surface area contributed by atoms with Crippen LogP contribution >= 0.6 is 0 Å². The van der Waals surface area contributed by atoms with Crippen molar-refractivity contribution in [2.24, 2.45) is 45.3 Å². The van der Waals surface area contributed by atoms with E-state index in [0.29, 0.717) is 28.7 Å². The predicted octanol–water partition coefficient (Wildman–Crippen LogP) is 12.5. The van der Waals surface area contributed by atoms with Gasteiger partial charge in [-0.15, -0.1) is 0 Å². The van der Waals surface area contributed by atoms with Gasteiger partial charge in [-0.1, -0.05) is 81.6 Å². The Kier molecular flexibility index (Phi) is 31.4. The molecular weight excluding hydrogens is 937 g/mol. The van der Waals surface area contributed by atoms with Gasteiger partial charge in [0.25, 0.3) is 0 Å². The Hall–Kier alpha value is -3.59. The van der Waals surface area contributed by atoms with Gasteiger partial charge in [0.05, 0.1) is 12.9 Å². The second-order valence-corrected chi connectivity index (χ2v) is 27.8. The second kappa shape index (κ2) is 33.0. The summed E-state index contributed by atoms with van der Waals surface area (Å²) in [5.41, 5.74) is 1.32. The number of piperidine rings is 4. The zero-order valence-corrected chi connectivity index (χ0v) is 51.7. The van der Waals surface area contributed by atoms with E-state index < -0.39 is 0 Å². The first kappa shape index (κ1) is 71.4. The summed E-state index contributed by atoms with van der Waals surface area (Å²) < 4.78 is 5.52. The molecule has 1 N–H and O–H groups in total. The third-order valence-corrected chi connectivity index (χ3v) is 14.4. The highest BCUT2D eigenvalue weighted by atomic mass is 16.5. The first-order valence-electron chi connectivity index (χ1n) is 28.7. The van der Waals surface area contributed by atoms with Crippen molar-refractivity contribution >= 4 is 29.5 Å². The molecule has 5 amide bonds. The van der Waals surface area contributed by atoms with Crippen LogP contribution in [0.2, 0.25) is 0 Å². The second-order valence-electron chi connectivity index (χ2n) is 27.8. The highest BCUT2D eigenvalue weighted by Crippen LogP contribution is 2.31. The minimum absolute atomic E-state index is 0. The fraction of sp³-hybridized carbons (Fsp3) is 0.857. The first-order valence-corrected chi connectivity index (χ1v) is 28.7. The van der Waals surface area contributed by atoms with Crippen LogP contribution in [0.3, 0.4) is 0 Å². The summed E-state index contributed by atoms with van der Waals surface area (Å²) in [6.45, 7) is 50.7. The van der Waals surface area contributed by atoms with E-state index in [9.17, 15) is 24.0 Å². The van der Waals surface area contributed by atoms with E-state index >= 15 is 0 Å². The van der Waals surface area contributed by atoms with E-state index in [1.165, 1.54) is 38.5 Å². The molecule has 436 valence electrons. The van der Waals surface area contributed by atoms with Crippen LogP contribution in [-0.4, -0.2) is 138 Å². The van der Waals surface area contributed by atoms with Crippen LogP contribution in [0.25, 0.3) is 0 Å². The van der Waals surface area contributed by atoms with E-state index in [1.54, 1.807) is 41.7 Å². The molecule has 5 heterocycles. The summed E-state index contributed by atoms with van der Waals surface area (Å²) in [5.74, 6) is 11.3. The molecule has 0 aromatic rings. The third kappa shape index (κ3) is 34.0. The standard InChI is InChI=1S/C14H25NO2.C13H25NO.C13H21NO.C11H22N2O.C11H21NO.CH4/c1-11(16)15-8-6-12(7-9-15)13(17-5)10-14(2,3)4;2*1-11(15)14-9-6-12(7-10-14)5-8-13(2,3)4;1-9(14)13-7-5-10(6-8-13)12-11(2,3)4;1-9(13)12-7-10(8-12)5-6-11(2,3)4;/h10,12H,6-9H2,1-5H3;12H,5-10H2,1-4H3;12H,6-7,9-10H2,1-4H3;10,12H,5-8H2,1-4H3;10H,5-8H2,1-4H3;1H4. The van der Waals surface area contributed by atoms with Crippen molar-refractivity contribution in [3.63, 3.8) is 0 Å². The minimum atomic E-state index is 0. The smallest absolute Gasteiger partial charge is 0.219 e. The number of amides is 5. The third-order valence-electron chi connectivity index (χ3n) is 14.4. The highest BCUT2D eigenvalue weighted by Gasteiger charge is 2.30. The van der Waals surface area contributed by atoms with Gasteiger partial charge in [0.15, 0.2) is 0 Å². The molecule has 5 aliphatic heterocycles. The molecule has 0 aromatic heterocycles. The lowest BCUT2D eigenvalue weighted by Gasteiger charge is -2.39. The molecule has 0 spiro atoms. The zero-order valence-electron chi connectivity index (χ0n) is 51.7. The van der Waals surface area contributed by atoms with Gasteiger partial charge in [-0.25, -0.2) is 0 Å². The molecule has 5 fully saturated rings. The summed E-state index contributed by atoms with van der Waals surface area (Å²) in [6, 6.07) is 0.575. The average molecular weight is 1060 g/mol. The van der Waals surface area contributed by atoms with Gasteiger partial charge in [-0.3, -0.25) is 24.0 Å². The number of carbonyl (C=O) groups is 5. The average Bonchev–Trinajstić information content (AvgIpc) is 3.26. The van der Waals surface area contributed by atoms with Crippen LogP contribution in [0.5, 0.6) is 0 Å². The van der Waals surface area contributed by atoms with Gasteiger partial charge < -0.3 is 34.6 Å².